The van der Waals surface area contributed by atoms with Crippen molar-refractivity contribution in [1.82, 2.24) is 20.2 Å². The van der Waals surface area contributed by atoms with Crippen LogP contribution in [-0.2, 0) is 17.1 Å². The van der Waals surface area contributed by atoms with Crippen molar-refractivity contribution >= 4 is 15.7 Å². The molecule has 0 aliphatic heterocycles. The van der Waals surface area contributed by atoms with E-state index in [1.165, 1.54) is 25.0 Å². The van der Waals surface area contributed by atoms with Crippen molar-refractivity contribution in [2.75, 3.05) is 18.9 Å². The second-order valence-corrected chi connectivity index (χ2v) is 6.95. The number of anilines is 1. The Morgan fingerprint density at radius 3 is 2.42 bits per heavy atom. The highest BCUT2D eigenvalue weighted by atomic mass is 32.2. The lowest BCUT2D eigenvalue weighted by Gasteiger charge is -2.14. The molecule has 0 radical (unpaired) electrons. The molecule has 1 N–H and O–H groups in total. The molecule has 3 rings (SSSR count). The third kappa shape index (κ3) is 3.31. The van der Waals surface area contributed by atoms with Crippen molar-refractivity contribution in [3.05, 3.63) is 42.5 Å². The SMILES string of the molecule is COc1ccccc1NS(=O)(=O)c1cc(-c2nnnn2C)ccc1OC. The molecule has 0 aliphatic rings. The highest BCUT2D eigenvalue weighted by Gasteiger charge is 2.23. The fourth-order valence-electron chi connectivity index (χ4n) is 2.43. The summed E-state index contributed by atoms with van der Waals surface area (Å²) in [5, 5.41) is 11.2. The summed E-state index contributed by atoms with van der Waals surface area (Å²) in [6.45, 7) is 0. The highest BCUT2D eigenvalue weighted by Crippen LogP contribution is 2.32. The van der Waals surface area contributed by atoms with Gasteiger partial charge >= 0.3 is 0 Å². The summed E-state index contributed by atoms with van der Waals surface area (Å²) in [6.07, 6.45) is 0. The average Bonchev–Trinajstić information content (AvgIpc) is 3.07. The molecule has 9 nitrogen and oxygen atoms in total. The molecular formula is C16H17N5O4S. The fourth-order valence-corrected chi connectivity index (χ4v) is 3.69. The zero-order valence-corrected chi connectivity index (χ0v) is 15.2. The zero-order valence-electron chi connectivity index (χ0n) is 14.4. The summed E-state index contributed by atoms with van der Waals surface area (Å²) >= 11 is 0. The van der Waals surface area contributed by atoms with Gasteiger partial charge in [-0.3, -0.25) is 4.72 Å². The van der Waals surface area contributed by atoms with Gasteiger partial charge in [-0.05, 0) is 40.8 Å². The Morgan fingerprint density at radius 2 is 1.77 bits per heavy atom. The molecule has 0 aliphatic carbocycles. The van der Waals surface area contributed by atoms with E-state index < -0.39 is 10.0 Å². The number of aryl methyl sites for hydroxylation is 1. The number of para-hydroxylation sites is 2. The van der Waals surface area contributed by atoms with Crippen LogP contribution >= 0.6 is 0 Å². The first kappa shape index (κ1) is 17.7. The number of aromatic nitrogens is 4. The van der Waals surface area contributed by atoms with E-state index in [4.69, 9.17) is 9.47 Å². The van der Waals surface area contributed by atoms with Crippen LogP contribution in [0.2, 0.25) is 0 Å². The lowest BCUT2D eigenvalue weighted by atomic mass is 10.2. The average molecular weight is 375 g/mol. The minimum absolute atomic E-state index is 0.0357. The normalized spacial score (nSPS) is 11.2. The molecule has 2 aromatic carbocycles. The third-order valence-corrected chi connectivity index (χ3v) is 5.07. The molecule has 136 valence electrons. The topological polar surface area (TPSA) is 108 Å². The maximum atomic E-state index is 13.0. The molecule has 1 aromatic heterocycles. The summed E-state index contributed by atoms with van der Waals surface area (Å²) in [4.78, 5) is -0.0357. The first-order valence-corrected chi connectivity index (χ1v) is 9.01. The second kappa shape index (κ2) is 7.00. The van der Waals surface area contributed by atoms with Crippen LogP contribution in [0.1, 0.15) is 0 Å². The van der Waals surface area contributed by atoms with Gasteiger partial charge in [0.1, 0.15) is 16.4 Å². The maximum Gasteiger partial charge on any atom is 0.265 e. The predicted molar refractivity (Wildman–Crippen MR) is 94.6 cm³/mol. The van der Waals surface area contributed by atoms with Crippen molar-refractivity contribution in [2.24, 2.45) is 7.05 Å². The van der Waals surface area contributed by atoms with E-state index in [2.05, 4.69) is 20.2 Å². The van der Waals surface area contributed by atoms with Gasteiger partial charge in [0.2, 0.25) is 0 Å². The van der Waals surface area contributed by atoms with E-state index in [1.807, 2.05) is 0 Å². The van der Waals surface area contributed by atoms with Crippen molar-refractivity contribution < 1.29 is 17.9 Å². The number of nitrogens with zero attached hydrogens (tertiary/aromatic N) is 4. The minimum atomic E-state index is -3.95. The number of methoxy groups -OCH3 is 2. The lowest BCUT2D eigenvalue weighted by molar-refractivity contribution is 0.403. The van der Waals surface area contributed by atoms with Crippen LogP contribution in [0.4, 0.5) is 5.69 Å². The van der Waals surface area contributed by atoms with E-state index in [0.29, 0.717) is 22.8 Å². The monoisotopic (exact) mass is 375 g/mol. The predicted octanol–water partition coefficient (Wildman–Crippen LogP) is 1.70. The van der Waals surface area contributed by atoms with Crippen LogP contribution in [0.5, 0.6) is 11.5 Å². The Bertz CT molecular complexity index is 1030. The molecule has 0 amide bonds. The van der Waals surface area contributed by atoms with Gasteiger partial charge in [-0.1, -0.05) is 12.1 Å². The molecule has 0 saturated heterocycles. The number of ether oxygens (including phenoxy) is 2. The summed E-state index contributed by atoms with van der Waals surface area (Å²) < 4.78 is 40.3. The quantitative estimate of drug-likeness (QED) is 0.698. The van der Waals surface area contributed by atoms with Gasteiger partial charge in [-0.25, -0.2) is 13.1 Å². The smallest absolute Gasteiger partial charge is 0.265 e. The molecule has 0 fully saturated rings. The van der Waals surface area contributed by atoms with Gasteiger partial charge < -0.3 is 9.47 Å². The molecule has 0 bridgehead atoms. The number of tetrazole rings is 1. The first-order chi connectivity index (χ1) is 12.5. The summed E-state index contributed by atoms with van der Waals surface area (Å²) in [5.74, 6) is 1.04. The molecule has 10 heteroatoms. The standard InChI is InChI=1S/C16H17N5O4S/c1-21-16(17-19-20-21)11-8-9-14(25-3)15(10-11)26(22,23)18-12-6-4-5-7-13(12)24-2/h4-10,18H,1-3H3. The number of hydrogen-bond donors (Lipinski definition) is 1. The molecule has 3 aromatic rings. The number of rotatable bonds is 6. The van der Waals surface area contributed by atoms with E-state index in [1.54, 1.807) is 43.4 Å². The fraction of sp³-hybridized carbons (Fsp3) is 0.188. The van der Waals surface area contributed by atoms with E-state index in [-0.39, 0.29) is 10.6 Å². The molecule has 0 saturated carbocycles. The Kier molecular flexibility index (Phi) is 4.76. The molecule has 0 atom stereocenters. The molecular weight excluding hydrogens is 358 g/mol. The van der Waals surface area contributed by atoms with E-state index in [9.17, 15) is 8.42 Å². The van der Waals surface area contributed by atoms with Gasteiger partial charge in [-0.15, -0.1) is 5.10 Å². The third-order valence-electron chi connectivity index (χ3n) is 3.68. The molecule has 26 heavy (non-hydrogen) atoms. The van der Waals surface area contributed by atoms with Gasteiger partial charge in [0, 0.05) is 12.6 Å². The summed E-state index contributed by atoms with van der Waals surface area (Å²) in [7, 11) is 0.591. The molecule has 1 heterocycles. The van der Waals surface area contributed by atoms with Gasteiger partial charge in [0.05, 0.1) is 19.9 Å². The van der Waals surface area contributed by atoms with E-state index in [0.717, 1.165) is 0 Å². The van der Waals surface area contributed by atoms with Crippen LogP contribution < -0.4 is 14.2 Å². The lowest BCUT2D eigenvalue weighted by Crippen LogP contribution is -2.15. The van der Waals surface area contributed by atoms with Crippen LogP contribution in [0.15, 0.2) is 47.4 Å². The number of hydrogen-bond acceptors (Lipinski definition) is 7. The highest BCUT2D eigenvalue weighted by molar-refractivity contribution is 7.92. The Morgan fingerprint density at radius 1 is 1.04 bits per heavy atom. The van der Waals surface area contributed by atoms with Crippen LogP contribution in [0.3, 0.4) is 0 Å². The molecule has 0 spiro atoms. The Hall–Kier alpha value is -3.14. The van der Waals surface area contributed by atoms with Gasteiger partial charge in [0.25, 0.3) is 10.0 Å². The van der Waals surface area contributed by atoms with Crippen molar-refractivity contribution in [2.45, 2.75) is 4.90 Å². The van der Waals surface area contributed by atoms with Crippen LogP contribution in [-0.4, -0.2) is 42.8 Å². The first-order valence-electron chi connectivity index (χ1n) is 7.53. The zero-order chi connectivity index (χ0) is 18.7. The van der Waals surface area contributed by atoms with Crippen molar-refractivity contribution in [3.63, 3.8) is 0 Å². The summed E-state index contributed by atoms with van der Waals surface area (Å²) in [5.41, 5.74) is 0.862. The van der Waals surface area contributed by atoms with Gasteiger partial charge in [-0.2, -0.15) is 0 Å². The number of nitrogens with one attached hydrogen (secondary N) is 1. The number of sulfonamides is 1. The van der Waals surface area contributed by atoms with E-state index >= 15 is 0 Å². The van der Waals surface area contributed by atoms with Crippen molar-refractivity contribution in [3.8, 4) is 22.9 Å². The molecule has 0 unspecified atom stereocenters. The largest absolute Gasteiger partial charge is 0.495 e. The Labute approximate surface area is 150 Å². The van der Waals surface area contributed by atoms with Gasteiger partial charge in [0.15, 0.2) is 5.82 Å². The number of benzene rings is 2. The second-order valence-electron chi connectivity index (χ2n) is 5.30. The van der Waals surface area contributed by atoms with Crippen LogP contribution in [0, 0.1) is 0 Å². The van der Waals surface area contributed by atoms with Crippen LogP contribution in [0.25, 0.3) is 11.4 Å². The minimum Gasteiger partial charge on any atom is -0.495 e. The maximum absolute atomic E-state index is 13.0. The Balaban J connectivity index is 2.07. The van der Waals surface area contributed by atoms with Crippen molar-refractivity contribution in [1.29, 1.82) is 0 Å². The summed E-state index contributed by atoms with van der Waals surface area (Å²) in [6, 6.07) is 11.4.